The van der Waals surface area contributed by atoms with Gasteiger partial charge < -0.3 is 14.3 Å². The first-order valence-corrected chi connectivity index (χ1v) is 6.47. The lowest BCUT2D eigenvalue weighted by Crippen LogP contribution is -2.12. The van der Waals surface area contributed by atoms with Gasteiger partial charge in [-0.15, -0.1) is 0 Å². The molecule has 22 heavy (non-hydrogen) atoms. The van der Waals surface area contributed by atoms with Crippen molar-refractivity contribution in [2.75, 3.05) is 6.61 Å². The number of hydrogen-bond donors (Lipinski definition) is 1. The van der Waals surface area contributed by atoms with Crippen LogP contribution in [0.5, 0.6) is 0 Å². The first-order chi connectivity index (χ1) is 10.5. The number of aromatic carboxylic acids is 1. The first kappa shape index (κ1) is 15.3. The molecule has 0 aliphatic carbocycles. The second-order valence-corrected chi connectivity index (χ2v) is 4.29. The van der Waals surface area contributed by atoms with Gasteiger partial charge in [0.05, 0.1) is 6.61 Å². The minimum Gasteiger partial charge on any atom is -0.477 e. The van der Waals surface area contributed by atoms with E-state index in [1.807, 2.05) is 0 Å². The molecule has 1 aromatic carbocycles. The molecule has 6 heteroatoms. The molecule has 6 nitrogen and oxygen atoms in total. The van der Waals surface area contributed by atoms with Gasteiger partial charge in [0.25, 0.3) is 0 Å². The molecular formula is C16H12O6. The molecule has 1 heterocycles. The normalized spacial score (nSPS) is 9.86. The van der Waals surface area contributed by atoms with Gasteiger partial charge in [-0.05, 0) is 31.2 Å². The summed E-state index contributed by atoms with van der Waals surface area (Å²) in [6, 6.07) is 5.96. The Morgan fingerprint density at radius 3 is 2.77 bits per heavy atom. The smallest absolute Gasteiger partial charge is 0.351 e. The number of ether oxygens (including phenoxy) is 1. The Labute approximate surface area is 125 Å². The fourth-order valence-corrected chi connectivity index (χ4v) is 1.78. The first-order valence-electron chi connectivity index (χ1n) is 6.47. The molecule has 2 rings (SSSR count). The lowest BCUT2D eigenvalue weighted by Gasteiger charge is -1.99. The van der Waals surface area contributed by atoms with E-state index in [0.29, 0.717) is 17.6 Å². The number of carbonyl (C=O) groups excluding carboxylic acids is 1. The predicted octanol–water partition coefficient (Wildman–Crippen LogP) is 1.80. The fraction of sp³-hybridized carbons (Fsp3) is 0.188. The number of benzene rings is 1. The minimum atomic E-state index is -1.35. The van der Waals surface area contributed by atoms with E-state index in [0.717, 1.165) is 0 Å². The third-order valence-corrected chi connectivity index (χ3v) is 2.73. The van der Waals surface area contributed by atoms with Crippen LogP contribution in [0.2, 0.25) is 0 Å². The maximum absolute atomic E-state index is 11.4. The molecule has 0 aliphatic heterocycles. The van der Waals surface area contributed by atoms with Crippen molar-refractivity contribution in [3.8, 4) is 11.8 Å². The van der Waals surface area contributed by atoms with Gasteiger partial charge in [-0.25, -0.2) is 9.59 Å². The molecule has 0 aliphatic rings. The Hall–Kier alpha value is -3.07. The third kappa shape index (κ3) is 3.52. The van der Waals surface area contributed by atoms with Crippen molar-refractivity contribution in [3.63, 3.8) is 0 Å². The van der Waals surface area contributed by atoms with Crippen molar-refractivity contribution >= 4 is 22.9 Å². The molecular weight excluding hydrogens is 288 g/mol. The van der Waals surface area contributed by atoms with Crippen LogP contribution in [0, 0.1) is 11.8 Å². The van der Waals surface area contributed by atoms with Crippen LogP contribution in [-0.2, 0) is 9.53 Å². The van der Waals surface area contributed by atoms with Crippen LogP contribution in [0.15, 0.2) is 33.5 Å². The SMILES string of the molecule is CCOC(=O)CC#Cc1ccc2oc(=O)c(C(=O)O)cc2c1. The average molecular weight is 300 g/mol. The molecule has 0 fully saturated rings. The van der Waals surface area contributed by atoms with Gasteiger partial charge in [-0.2, -0.15) is 0 Å². The molecule has 0 unspecified atom stereocenters. The van der Waals surface area contributed by atoms with E-state index in [1.54, 1.807) is 19.1 Å². The van der Waals surface area contributed by atoms with E-state index in [9.17, 15) is 14.4 Å². The lowest BCUT2D eigenvalue weighted by molar-refractivity contribution is -0.141. The number of fused-ring (bicyclic) bond motifs is 1. The molecule has 2 aromatic rings. The molecule has 112 valence electrons. The van der Waals surface area contributed by atoms with Crippen molar-refractivity contribution in [1.82, 2.24) is 0 Å². The summed E-state index contributed by atoms with van der Waals surface area (Å²) in [7, 11) is 0. The van der Waals surface area contributed by atoms with Crippen LogP contribution >= 0.6 is 0 Å². The highest BCUT2D eigenvalue weighted by Crippen LogP contribution is 2.15. The highest BCUT2D eigenvalue weighted by Gasteiger charge is 2.11. The Morgan fingerprint density at radius 2 is 2.09 bits per heavy atom. The van der Waals surface area contributed by atoms with E-state index < -0.39 is 23.1 Å². The zero-order valence-electron chi connectivity index (χ0n) is 11.7. The van der Waals surface area contributed by atoms with E-state index in [4.69, 9.17) is 14.3 Å². The lowest BCUT2D eigenvalue weighted by atomic mass is 10.1. The molecule has 0 saturated carbocycles. The summed E-state index contributed by atoms with van der Waals surface area (Å²) in [5, 5.41) is 9.35. The maximum atomic E-state index is 11.4. The van der Waals surface area contributed by atoms with Crippen LogP contribution in [0.25, 0.3) is 11.0 Å². The second-order valence-electron chi connectivity index (χ2n) is 4.29. The fourth-order valence-electron chi connectivity index (χ4n) is 1.78. The molecule has 1 aromatic heterocycles. The van der Waals surface area contributed by atoms with Crippen molar-refractivity contribution in [2.45, 2.75) is 13.3 Å². The van der Waals surface area contributed by atoms with Crippen LogP contribution in [-0.4, -0.2) is 23.7 Å². The number of esters is 1. The summed E-state index contributed by atoms with van der Waals surface area (Å²) < 4.78 is 9.67. The number of rotatable bonds is 3. The summed E-state index contributed by atoms with van der Waals surface area (Å²) in [5.41, 5.74) is -0.502. The molecule has 1 N–H and O–H groups in total. The standard InChI is InChI=1S/C16H12O6/c1-2-21-14(17)5-3-4-10-6-7-13-11(8-10)9-12(15(18)19)16(20)22-13/h6-9H,2,5H2,1H3,(H,18,19). The summed E-state index contributed by atoms with van der Waals surface area (Å²) >= 11 is 0. The molecule has 0 atom stereocenters. The van der Waals surface area contributed by atoms with E-state index in [1.165, 1.54) is 12.1 Å². The molecule has 0 amide bonds. The number of hydrogen-bond acceptors (Lipinski definition) is 5. The number of carboxylic acids is 1. The van der Waals surface area contributed by atoms with E-state index in [-0.39, 0.29) is 12.0 Å². The highest BCUT2D eigenvalue weighted by molar-refractivity contribution is 5.91. The zero-order chi connectivity index (χ0) is 16.1. The molecule has 0 saturated heterocycles. The van der Waals surface area contributed by atoms with E-state index >= 15 is 0 Å². The summed E-state index contributed by atoms with van der Waals surface area (Å²) in [6.07, 6.45) is -0.0316. The van der Waals surface area contributed by atoms with Gasteiger partial charge in [0, 0.05) is 10.9 Å². The zero-order valence-corrected chi connectivity index (χ0v) is 11.7. The van der Waals surface area contributed by atoms with Crippen LogP contribution in [0.4, 0.5) is 0 Å². The topological polar surface area (TPSA) is 93.8 Å². The van der Waals surface area contributed by atoms with Crippen LogP contribution in [0.3, 0.4) is 0 Å². The molecule has 0 radical (unpaired) electrons. The Kier molecular flexibility index (Phi) is 4.59. The Morgan fingerprint density at radius 1 is 1.32 bits per heavy atom. The van der Waals surface area contributed by atoms with Gasteiger partial charge in [0.2, 0.25) is 0 Å². The van der Waals surface area contributed by atoms with Crippen LogP contribution < -0.4 is 5.63 Å². The maximum Gasteiger partial charge on any atom is 0.351 e. The number of carboxylic acid groups (broad SMARTS) is 1. The second kappa shape index (κ2) is 6.59. The molecule has 0 spiro atoms. The van der Waals surface area contributed by atoms with Crippen molar-refractivity contribution in [1.29, 1.82) is 0 Å². The predicted molar refractivity (Wildman–Crippen MR) is 77.6 cm³/mol. The van der Waals surface area contributed by atoms with Gasteiger partial charge in [0.15, 0.2) is 0 Å². The van der Waals surface area contributed by atoms with Gasteiger partial charge >= 0.3 is 17.6 Å². The van der Waals surface area contributed by atoms with Gasteiger partial charge in [0.1, 0.15) is 17.6 Å². The van der Waals surface area contributed by atoms with Crippen molar-refractivity contribution < 1.29 is 23.8 Å². The van der Waals surface area contributed by atoms with Gasteiger partial charge in [-0.3, -0.25) is 4.79 Å². The van der Waals surface area contributed by atoms with Crippen LogP contribution in [0.1, 0.15) is 29.3 Å². The Bertz CT molecular complexity index is 850. The minimum absolute atomic E-state index is 0.0316. The quantitative estimate of drug-likeness (QED) is 0.527. The summed E-state index contributed by atoms with van der Waals surface area (Å²) in [5.74, 6) is 3.68. The Balaban J connectivity index is 2.32. The van der Waals surface area contributed by atoms with Gasteiger partial charge in [-0.1, -0.05) is 11.8 Å². The van der Waals surface area contributed by atoms with E-state index in [2.05, 4.69) is 11.8 Å². The summed E-state index contributed by atoms with van der Waals surface area (Å²) in [6.45, 7) is 2.01. The number of carbonyl (C=O) groups is 2. The largest absolute Gasteiger partial charge is 0.477 e. The van der Waals surface area contributed by atoms with Crippen molar-refractivity contribution in [3.05, 3.63) is 45.8 Å². The molecule has 0 bridgehead atoms. The highest BCUT2D eigenvalue weighted by atomic mass is 16.5. The monoisotopic (exact) mass is 300 g/mol. The average Bonchev–Trinajstić information content (AvgIpc) is 2.47. The third-order valence-electron chi connectivity index (χ3n) is 2.73. The van der Waals surface area contributed by atoms with Crippen molar-refractivity contribution in [2.24, 2.45) is 0 Å². The summed E-state index contributed by atoms with van der Waals surface area (Å²) in [4.78, 5) is 33.5.